The highest BCUT2D eigenvalue weighted by Gasteiger charge is 2.27. The fourth-order valence-corrected chi connectivity index (χ4v) is 2.82. The van der Waals surface area contributed by atoms with E-state index < -0.39 is 12.0 Å². The van der Waals surface area contributed by atoms with Gasteiger partial charge in [-0.3, -0.25) is 0 Å². The Kier molecular flexibility index (Phi) is 5.61. The Balaban J connectivity index is 2.53. The summed E-state index contributed by atoms with van der Waals surface area (Å²) in [5, 5.41) is 11.6. The zero-order valence-corrected chi connectivity index (χ0v) is 11.1. The molecule has 0 spiro atoms. The molecule has 6 heteroatoms. The lowest BCUT2D eigenvalue weighted by Crippen LogP contribution is -2.53. The molecule has 0 saturated carbocycles. The van der Waals surface area contributed by atoms with E-state index in [4.69, 9.17) is 5.11 Å². The number of nitrogens with one attached hydrogen (secondary N) is 1. The third-order valence-corrected chi connectivity index (χ3v) is 3.99. The number of aliphatic carboxylic acids is 1. The third-order valence-electron chi connectivity index (χ3n) is 2.80. The van der Waals surface area contributed by atoms with Crippen molar-refractivity contribution in [1.82, 2.24) is 10.2 Å². The molecular weight excluding hydrogens is 240 g/mol. The molecule has 2 atom stereocenters. The van der Waals surface area contributed by atoms with Crippen molar-refractivity contribution in [1.29, 1.82) is 0 Å². The van der Waals surface area contributed by atoms with Gasteiger partial charge in [0, 0.05) is 24.1 Å². The molecule has 0 radical (unpaired) electrons. The number of carboxylic acids is 1. The SMILES string of the molecule is CCCC(NC(=O)N1CCSCC1C)C(=O)O. The molecule has 0 aromatic carbocycles. The Hall–Kier alpha value is -0.910. The number of rotatable bonds is 4. The van der Waals surface area contributed by atoms with Gasteiger partial charge in [0.05, 0.1) is 0 Å². The number of hydrogen-bond acceptors (Lipinski definition) is 3. The summed E-state index contributed by atoms with van der Waals surface area (Å²) in [5.41, 5.74) is 0. The number of carbonyl (C=O) groups excluding carboxylic acids is 1. The van der Waals surface area contributed by atoms with Crippen LogP contribution < -0.4 is 5.32 Å². The summed E-state index contributed by atoms with van der Waals surface area (Å²) in [6, 6.07) is -0.849. The van der Waals surface area contributed by atoms with Gasteiger partial charge in [-0.05, 0) is 13.3 Å². The standard InChI is InChI=1S/C11H20N2O3S/c1-3-4-9(10(14)15)12-11(16)13-5-6-17-7-8(13)2/h8-9H,3-7H2,1-2H3,(H,12,16)(H,14,15). The smallest absolute Gasteiger partial charge is 0.326 e. The van der Waals surface area contributed by atoms with Crippen LogP contribution in [-0.2, 0) is 4.79 Å². The van der Waals surface area contributed by atoms with Crippen molar-refractivity contribution in [2.24, 2.45) is 0 Å². The minimum Gasteiger partial charge on any atom is -0.480 e. The van der Waals surface area contributed by atoms with Crippen LogP contribution in [0.15, 0.2) is 0 Å². The lowest BCUT2D eigenvalue weighted by molar-refractivity contribution is -0.139. The number of amides is 2. The molecule has 1 aliphatic heterocycles. The van der Waals surface area contributed by atoms with Crippen LogP contribution in [0.4, 0.5) is 4.79 Å². The van der Waals surface area contributed by atoms with E-state index in [0.717, 1.165) is 17.9 Å². The van der Waals surface area contributed by atoms with E-state index in [0.29, 0.717) is 13.0 Å². The maximum Gasteiger partial charge on any atom is 0.326 e. The average molecular weight is 260 g/mol. The fourth-order valence-electron chi connectivity index (χ4n) is 1.81. The Morgan fingerprint density at radius 3 is 2.82 bits per heavy atom. The molecule has 17 heavy (non-hydrogen) atoms. The fraction of sp³-hybridized carbons (Fsp3) is 0.818. The number of hydrogen-bond donors (Lipinski definition) is 2. The summed E-state index contributed by atoms with van der Waals surface area (Å²) in [6.07, 6.45) is 1.21. The first kappa shape index (κ1) is 14.2. The Morgan fingerprint density at radius 1 is 1.59 bits per heavy atom. The van der Waals surface area contributed by atoms with Crippen molar-refractivity contribution in [2.45, 2.75) is 38.8 Å². The maximum atomic E-state index is 11.9. The first-order valence-electron chi connectivity index (χ1n) is 5.94. The zero-order valence-electron chi connectivity index (χ0n) is 10.3. The molecule has 5 nitrogen and oxygen atoms in total. The minimum absolute atomic E-state index is 0.171. The zero-order chi connectivity index (χ0) is 12.8. The van der Waals surface area contributed by atoms with Crippen LogP contribution in [-0.4, -0.2) is 52.1 Å². The molecule has 2 unspecified atom stereocenters. The van der Waals surface area contributed by atoms with E-state index in [1.54, 1.807) is 4.90 Å². The van der Waals surface area contributed by atoms with Crippen LogP contribution in [0.2, 0.25) is 0 Å². The highest BCUT2D eigenvalue weighted by molar-refractivity contribution is 7.99. The molecule has 2 amide bonds. The van der Waals surface area contributed by atoms with Crippen LogP contribution in [0, 0.1) is 0 Å². The summed E-state index contributed by atoms with van der Waals surface area (Å²) < 4.78 is 0. The van der Waals surface area contributed by atoms with E-state index in [-0.39, 0.29) is 12.1 Å². The molecule has 1 fully saturated rings. The van der Waals surface area contributed by atoms with Gasteiger partial charge >= 0.3 is 12.0 Å². The summed E-state index contributed by atoms with van der Waals surface area (Å²) in [5.74, 6) is 0.876. The van der Waals surface area contributed by atoms with E-state index in [1.807, 2.05) is 25.6 Å². The van der Waals surface area contributed by atoms with Crippen molar-refractivity contribution < 1.29 is 14.7 Å². The van der Waals surface area contributed by atoms with Gasteiger partial charge in [0.2, 0.25) is 0 Å². The van der Waals surface area contributed by atoms with Crippen LogP contribution in [0.1, 0.15) is 26.7 Å². The van der Waals surface area contributed by atoms with Crippen LogP contribution >= 0.6 is 11.8 Å². The Labute approximate surface area is 106 Å². The second-order valence-corrected chi connectivity index (χ2v) is 5.40. The van der Waals surface area contributed by atoms with Crippen molar-refractivity contribution in [2.75, 3.05) is 18.1 Å². The summed E-state index contributed by atoms with van der Waals surface area (Å²) in [4.78, 5) is 24.6. The van der Waals surface area contributed by atoms with E-state index in [1.165, 1.54) is 0 Å². The average Bonchev–Trinajstić information content (AvgIpc) is 2.28. The van der Waals surface area contributed by atoms with Gasteiger partial charge in [0.25, 0.3) is 0 Å². The molecule has 98 valence electrons. The second-order valence-electron chi connectivity index (χ2n) is 4.25. The van der Waals surface area contributed by atoms with E-state index in [9.17, 15) is 9.59 Å². The predicted octanol–water partition coefficient (Wildman–Crippen LogP) is 1.39. The molecule has 2 N–H and O–H groups in total. The predicted molar refractivity (Wildman–Crippen MR) is 68.4 cm³/mol. The molecule has 0 aromatic heterocycles. The van der Waals surface area contributed by atoms with Gasteiger partial charge in [-0.2, -0.15) is 11.8 Å². The Morgan fingerprint density at radius 2 is 2.29 bits per heavy atom. The maximum absolute atomic E-state index is 11.9. The van der Waals surface area contributed by atoms with Gasteiger partial charge in [0.1, 0.15) is 6.04 Å². The van der Waals surface area contributed by atoms with E-state index in [2.05, 4.69) is 5.32 Å². The van der Waals surface area contributed by atoms with Gasteiger partial charge in [0.15, 0.2) is 0 Å². The normalized spacial score (nSPS) is 22.0. The van der Waals surface area contributed by atoms with Crippen LogP contribution in [0.25, 0.3) is 0 Å². The number of thioether (sulfide) groups is 1. The van der Waals surface area contributed by atoms with Crippen molar-refractivity contribution in [3.05, 3.63) is 0 Å². The van der Waals surface area contributed by atoms with E-state index >= 15 is 0 Å². The molecular formula is C11H20N2O3S. The van der Waals surface area contributed by atoms with Gasteiger partial charge < -0.3 is 15.3 Å². The van der Waals surface area contributed by atoms with Crippen molar-refractivity contribution in [3.63, 3.8) is 0 Å². The minimum atomic E-state index is -0.959. The lowest BCUT2D eigenvalue weighted by Gasteiger charge is -2.33. The summed E-state index contributed by atoms with van der Waals surface area (Å²) in [6.45, 7) is 4.58. The highest BCUT2D eigenvalue weighted by atomic mass is 32.2. The molecule has 0 bridgehead atoms. The topological polar surface area (TPSA) is 69.6 Å². The molecule has 1 heterocycles. The van der Waals surface area contributed by atoms with Gasteiger partial charge in [-0.25, -0.2) is 9.59 Å². The molecule has 0 aromatic rings. The molecule has 1 aliphatic rings. The Bertz CT molecular complexity index is 286. The number of carbonyl (C=O) groups is 2. The monoisotopic (exact) mass is 260 g/mol. The first-order valence-corrected chi connectivity index (χ1v) is 7.09. The van der Waals surface area contributed by atoms with Crippen molar-refractivity contribution >= 4 is 23.8 Å². The largest absolute Gasteiger partial charge is 0.480 e. The molecule has 0 aliphatic carbocycles. The van der Waals surface area contributed by atoms with Gasteiger partial charge in [-0.15, -0.1) is 0 Å². The third kappa shape index (κ3) is 4.11. The van der Waals surface area contributed by atoms with Crippen LogP contribution in [0.5, 0.6) is 0 Å². The number of carboxylic acid groups (broad SMARTS) is 1. The summed E-state index contributed by atoms with van der Waals surface area (Å²) in [7, 11) is 0. The number of nitrogens with zero attached hydrogens (tertiary/aromatic N) is 1. The molecule has 1 saturated heterocycles. The number of urea groups is 1. The summed E-state index contributed by atoms with van der Waals surface area (Å²) >= 11 is 1.82. The first-order chi connectivity index (χ1) is 8.06. The van der Waals surface area contributed by atoms with Crippen molar-refractivity contribution in [3.8, 4) is 0 Å². The van der Waals surface area contributed by atoms with Crippen LogP contribution in [0.3, 0.4) is 0 Å². The highest BCUT2D eigenvalue weighted by Crippen LogP contribution is 2.16. The quantitative estimate of drug-likeness (QED) is 0.801. The molecule has 1 rings (SSSR count). The van der Waals surface area contributed by atoms with Gasteiger partial charge in [-0.1, -0.05) is 13.3 Å². The second kappa shape index (κ2) is 6.74. The lowest BCUT2D eigenvalue weighted by atomic mass is 10.2.